The predicted molar refractivity (Wildman–Crippen MR) is 61.2 cm³/mol. The molecule has 1 heterocycles. The first kappa shape index (κ1) is 11.6. The first-order valence-corrected chi connectivity index (χ1v) is 6.89. The fourth-order valence-electron chi connectivity index (χ4n) is 1.68. The zero-order chi connectivity index (χ0) is 11.4. The van der Waals surface area contributed by atoms with Crippen LogP contribution in [0.3, 0.4) is 0 Å². The van der Waals surface area contributed by atoms with Gasteiger partial charge in [0, 0.05) is 6.54 Å². The Kier molecular flexibility index (Phi) is 3.58. The molecule has 1 saturated heterocycles. The van der Waals surface area contributed by atoms with Crippen LogP contribution >= 0.6 is 0 Å². The highest BCUT2D eigenvalue weighted by Gasteiger charge is 2.27. The third kappa shape index (κ3) is 2.81. The zero-order valence-electron chi connectivity index (χ0n) is 9.00. The average molecular weight is 241 g/mol. The minimum Gasteiger partial charge on any atom is -0.360 e. The number of nitrogens with zero attached hydrogens (tertiary/aromatic N) is 1. The third-order valence-electron chi connectivity index (χ3n) is 2.55. The van der Waals surface area contributed by atoms with Gasteiger partial charge in [-0.3, -0.25) is 0 Å². The molecule has 4 nitrogen and oxygen atoms in total. The Bertz CT molecular complexity index is 430. The monoisotopic (exact) mass is 241 g/mol. The summed E-state index contributed by atoms with van der Waals surface area (Å²) in [5.41, 5.74) is 1.05. The average Bonchev–Trinajstić information content (AvgIpc) is 2.60. The topological polar surface area (TPSA) is 46.6 Å². The van der Waals surface area contributed by atoms with Gasteiger partial charge >= 0.3 is 0 Å². The lowest BCUT2D eigenvalue weighted by Crippen LogP contribution is -2.28. The summed E-state index contributed by atoms with van der Waals surface area (Å²) in [6.45, 7) is 1.20. The molecule has 0 aromatic heterocycles. The van der Waals surface area contributed by atoms with E-state index >= 15 is 0 Å². The van der Waals surface area contributed by atoms with Crippen LogP contribution in [-0.2, 0) is 21.4 Å². The summed E-state index contributed by atoms with van der Waals surface area (Å²) in [4.78, 5) is 0. The molecule has 0 saturated carbocycles. The van der Waals surface area contributed by atoms with E-state index in [9.17, 15) is 8.42 Å². The van der Waals surface area contributed by atoms with E-state index in [1.54, 1.807) is 0 Å². The Morgan fingerprint density at radius 3 is 2.62 bits per heavy atom. The van der Waals surface area contributed by atoms with Gasteiger partial charge in [0.15, 0.2) is 0 Å². The van der Waals surface area contributed by atoms with E-state index in [2.05, 4.69) is 0 Å². The van der Waals surface area contributed by atoms with Gasteiger partial charge in [0.1, 0.15) is 6.73 Å². The van der Waals surface area contributed by atoms with Crippen molar-refractivity contribution in [2.24, 2.45) is 0 Å². The lowest BCUT2D eigenvalue weighted by atomic mass is 10.2. The molecule has 1 aliphatic heterocycles. The van der Waals surface area contributed by atoms with Crippen LogP contribution in [0.5, 0.6) is 0 Å². The Labute approximate surface area is 95.9 Å². The number of sulfonamides is 1. The minimum absolute atomic E-state index is 0.164. The second kappa shape index (κ2) is 4.95. The molecular weight excluding hydrogens is 226 g/mol. The molecular formula is C11H15NO3S. The molecule has 0 amide bonds. The number of rotatable bonds is 4. The SMILES string of the molecule is O=S1(=O)CCCN1COCc1ccccc1. The largest absolute Gasteiger partial charge is 0.360 e. The molecule has 1 aromatic carbocycles. The molecule has 1 fully saturated rings. The fourth-order valence-corrected chi connectivity index (χ4v) is 3.07. The van der Waals surface area contributed by atoms with Crippen LogP contribution in [0, 0.1) is 0 Å². The third-order valence-corrected chi connectivity index (χ3v) is 4.43. The maximum absolute atomic E-state index is 11.5. The van der Waals surface area contributed by atoms with E-state index in [1.165, 1.54) is 4.31 Å². The van der Waals surface area contributed by atoms with Crippen LogP contribution in [0.4, 0.5) is 0 Å². The van der Waals surface area contributed by atoms with Crippen LogP contribution in [0.15, 0.2) is 30.3 Å². The van der Waals surface area contributed by atoms with Crippen LogP contribution in [0.2, 0.25) is 0 Å². The van der Waals surface area contributed by atoms with E-state index in [-0.39, 0.29) is 12.5 Å². The van der Waals surface area contributed by atoms with Crippen molar-refractivity contribution in [2.45, 2.75) is 13.0 Å². The second-order valence-electron chi connectivity index (χ2n) is 3.81. The summed E-state index contributed by atoms with van der Waals surface area (Å²) in [6, 6.07) is 9.72. The quantitative estimate of drug-likeness (QED) is 0.795. The lowest BCUT2D eigenvalue weighted by Gasteiger charge is -2.14. The lowest BCUT2D eigenvalue weighted by molar-refractivity contribution is 0.0632. The highest BCUT2D eigenvalue weighted by atomic mass is 32.2. The number of hydrogen-bond donors (Lipinski definition) is 0. The van der Waals surface area contributed by atoms with Gasteiger partial charge < -0.3 is 4.74 Å². The number of ether oxygens (including phenoxy) is 1. The normalized spacial score (nSPS) is 20.0. The molecule has 0 unspecified atom stereocenters. The molecule has 1 aromatic rings. The van der Waals surface area contributed by atoms with Crippen molar-refractivity contribution < 1.29 is 13.2 Å². The molecule has 0 aliphatic carbocycles. The molecule has 88 valence electrons. The highest BCUT2D eigenvalue weighted by molar-refractivity contribution is 7.89. The molecule has 1 aliphatic rings. The van der Waals surface area contributed by atoms with Gasteiger partial charge in [0.25, 0.3) is 0 Å². The van der Waals surface area contributed by atoms with Crippen molar-refractivity contribution in [3.05, 3.63) is 35.9 Å². The first-order chi connectivity index (χ1) is 7.68. The van der Waals surface area contributed by atoms with Crippen molar-refractivity contribution in [1.29, 1.82) is 0 Å². The van der Waals surface area contributed by atoms with Crippen LogP contribution in [0.25, 0.3) is 0 Å². The summed E-state index contributed by atoms with van der Waals surface area (Å²) < 4.78 is 29.7. The minimum atomic E-state index is -3.03. The number of hydrogen-bond acceptors (Lipinski definition) is 3. The second-order valence-corrected chi connectivity index (χ2v) is 5.90. The summed E-state index contributed by atoms with van der Waals surface area (Å²) >= 11 is 0. The summed E-state index contributed by atoms with van der Waals surface area (Å²) in [6.07, 6.45) is 0.705. The Hall–Kier alpha value is -0.910. The van der Waals surface area contributed by atoms with E-state index < -0.39 is 10.0 Å². The fraction of sp³-hybridized carbons (Fsp3) is 0.455. The maximum atomic E-state index is 11.5. The predicted octanol–water partition coefficient (Wildman–Crippen LogP) is 1.20. The molecule has 0 spiro atoms. The molecule has 5 heteroatoms. The van der Waals surface area contributed by atoms with Gasteiger partial charge in [-0.2, -0.15) is 4.31 Å². The molecule has 0 bridgehead atoms. The van der Waals surface area contributed by atoms with Crippen molar-refractivity contribution >= 4 is 10.0 Å². The van der Waals surface area contributed by atoms with Crippen molar-refractivity contribution in [2.75, 3.05) is 19.0 Å². The van der Waals surface area contributed by atoms with E-state index in [1.807, 2.05) is 30.3 Å². The zero-order valence-corrected chi connectivity index (χ0v) is 9.82. The summed E-state index contributed by atoms with van der Waals surface area (Å²) in [5, 5.41) is 0. The molecule has 2 rings (SSSR count). The van der Waals surface area contributed by atoms with Gasteiger partial charge in [-0.25, -0.2) is 8.42 Å². The maximum Gasteiger partial charge on any atom is 0.216 e. The Morgan fingerprint density at radius 2 is 2.00 bits per heavy atom. The van der Waals surface area contributed by atoms with Gasteiger partial charge in [-0.05, 0) is 12.0 Å². The van der Waals surface area contributed by atoms with Crippen molar-refractivity contribution in [3.8, 4) is 0 Å². The molecule has 0 radical (unpaired) electrons. The van der Waals surface area contributed by atoms with Crippen molar-refractivity contribution in [3.63, 3.8) is 0 Å². The summed E-state index contributed by atoms with van der Waals surface area (Å²) in [7, 11) is -3.03. The van der Waals surface area contributed by atoms with E-state index in [4.69, 9.17) is 4.74 Å². The van der Waals surface area contributed by atoms with Crippen LogP contribution in [-0.4, -0.2) is 31.8 Å². The van der Waals surface area contributed by atoms with Gasteiger partial charge in [-0.1, -0.05) is 30.3 Å². The highest BCUT2D eigenvalue weighted by Crippen LogP contribution is 2.13. The molecule has 0 atom stereocenters. The van der Waals surface area contributed by atoms with E-state index in [0.29, 0.717) is 19.6 Å². The van der Waals surface area contributed by atoms with Gasteiger partial charge in [0.05, 0.1) is 12.4 Å². The first-order valence-electron chi connectivity index (χ1n) is 5.28. The summed E-state index contributed by atoms with van der Waals surface area (Å²) in [5.74, 6) is 0.252. The smallest absolute Gasteiger partial charge is 0.216 e. The standard InChI is InChI=1S/C11H15NO3S/c13-16(14)8-4-7-12(16)10-15-9-11-5-2-1-3-6-11/h1-3,5-6H,4,7-10H2. The van der Waals surface area contributed by atoms with E-state index in [0.717, 1.165) is 5.56 Å². The Balaban J connectivity index is 1.81. The van der Waals surface area contributed by atoms with Gasteiger partial charge in [0.2, 0.25) is 10.0 Å². The van der Waals surface area contributed by atoms with Crippen LogP contribution < -0.4 is 0 Å². The van der Waals surface area contributed by atoms with Crippen molar-refractivity contribution in [1.82, 2.24) is 4.31 Å². The Morgan fingerprint density at radius 1 is 1.25 bits per heavy atom. The number of benzene rings is 1. The molecule has 0 N–H and O–H groups in total. The van der Waals surface area contributed by atoms with Crippen LogP contribution in [0.1, 0.15) is 12.0 Å². The molecule has 16 heavy (non-hydrogen) atoms. The van der Waals surface area contributed by atoms with Gasteiger partial charge in [-0.15, -0.1) is 0 Å².